The highest BCUT2D eigenvalue weighted by molar-refractivity contribution is 7.91. The van der Waals surface area contributed by atoms with E-state index >= 15 is 0 Å². The Morgan fingerprint density at radius 3 is 2.57 bits per heavy atom. The Morgan fingerprint density at radius 1 is 1.32 bits per heavy atom. The lowest BCUT2D eigenvalue weighted by atomic mass is 10.2. The normalized spacial score (nSPS) is 18.6. The van der Waals surface area contributed by atoms with Crippen LogP contribution in [0.5, 0.6) is 0 Å². The number of piperazine rings is 1. The molecule has 1 aromatic carbocycles. The van der Waals surface area contributed by atoms with Gasteiger partial charge < -0.3 is 19.0 Å². The molecule has 0 spiro atoms. The molecule has 0 unspecified atom stereocenters. The molecule has 0 saturated carbocycles. The van der Waals surface area contributed by atoms with Gasteiger partial charge in [0.1, 0.15) is 16.0 Å². The van der Waals surface area contributed by atoms with E-state index in [4.69, 9.17) is 20.8 Å². The van der Waals surface area contributed by atoms with E-state index in [1.54, 1.807) is 11.0 Å². The molecule has 1 amide bonds. The number of carbonyl (C=O) groups is 1. The Kier molecular flexibility index (Phi) is 5.26. The maximum absolute atomic E-state index is 12.3. The standard InChI is InChI=1S/C18H24ClN3O5S/c1-11-10-21(17(23)27-18(2,3)4)6-7-22(11)16-20-13-8-12(19)9-14(15(13)26-16)28(5,24)25/h8-9,11H,6-7,10H2,1-5H3/t11-/m0/s1. The summed E-state index contributed by atoms with van der Waals surface area (Å²) in [6.45, 7) is 8.78. The van der Waals surface area contributed by atoms with Crippen LogP contribution in [0.15, 0.2) is 21.4 Å². The van der Waals surface area contributed by atoms with Crippen LogP contribution in [-0.4, -0.2) is 61.9 Å². The van der Waals surface area contributed by atoms with Gasteiger partial charge in [0, 0.05) is 37.0 Å². The molecule has 0 bridgehead atoms. The predicted octanol–water partition coefficient (Wildman–Crippen LogP) is 3.33. The highest BCUT2D eigenvalue weighted by Gasteiger charge is 2.32. The summed E-state index contributed by atoms with van der Waals surface area (Å²) in [6.07, 6.45) is 0.741. The summed E-state index contributed by atoms with van der Waals surface area (Å²) in [5, 5.41) is 0.274. The average Bonchev–Trinajstić information content (AvgIpc) is 2.94. The number of amides is 1. The summed E-state index contributed by atoms with van der Waals surface area (Å²) in [7, 11) is -3.53. The topological polar surface area (TPSA) is 93.0 Å². The van der Waals surface area contributed by atoms with Gasteiger partial charge in [-0.15, -0.1) is 0 Å². The predicted molar refractivity (Wildman–Crippen MR) is 107 cm³/mol. The van der Waals surface area contributed by atoms with Gasteiger partial charge in [-0.1, -0.05) is 11.6 Å². The molecule has 8 nitrogen and oxygen atoms in total. The zero-order valence-corrected chi connectivity index (χ0v) is 18.1. The number of hydrogen-bond acceptors (Lipinski definition) is 7. The number of benzene rings is 1. The van der Waals surface area contributed by atoms with E-state index < -0.39 is 15.4 Å². The fourth-order valence-electron chi connectivity index (χ4n) is 3.09. The first kappa shape index (κ1) is 20.7. The van der Waals surface area contributed by atoms with Crippen molar-refractivity contribution in [2.75, 3.05) is 30.8 Å². The van der Waals surface area contributed by atoms with E-state index in [9.17, 15) is 13.2 Å². The van der Waals surface area contributed by atoms with Crippen LogP contribution in [0.3, 0.4) is 0 Å². The summed E-state index contributed by atoms with van der Waals surface area (Å²) >= 11 is 6.04. The third-order valence-corrected chi connectivity index (χ3v) is 5.65. The average molecular weight is 430 g/mol. The minimum atomic E-state index is -3.53. The van der Waals surface area contributed by atoms with Crippen LogP contribution in [-0.2, 0) is 14.6 Å². The molecule has 1 fully saturated rings. The molecule has 1 saturated heterocycles. The molecule has 28 heavy (non-hydrogen) atoms. The van der Waals surface area contributed by atoms with Gasteiger partial charge in [0.2, 0.25) is 0 Å². The first-order valence-corrected chi connectivity index (χ1v) is 11.2. The van der Waals surface area contributed by atoms with E-state index in [-0.39, 0.29) is 27.6 Å². The summed E-state index contributed by atoms with van der Waals surface area (Å²) in [5.41, 5.74) is 0.00682. The number of hydrogen-bond donors (Lipinski definition) is 0. The van der Waals surface area contributed by atoms with Gasteiger partial charge in [0.15, 0.2) is 15.4 Å². The molecule has 1 aromatic heterocycles. The van der Waals surface area contributed by atoms with E-state index in [0.717, 1.165) is 6.26 Å². The number of ether oxygens (including phenoxy) is 1. The van der Waals surface area contributed by atoms with Crippen molar-refractivity contribution in [1.29, 1.82) is 0 Å². The fraction of sp³-hybridized carbons (Fsp3) is 0.556. The second kappa shape index (κ2) is 7.11. The maximum Gasteiger partial charge on any atom is 0.410 e. The molecule has 0 aliphatic carbocycles. The van der Waals surface area contributed by atoms with Crippen LogP contribution in [0.1, 0.15) is 27.7 Å². The second-order valence-electron chi connectivity index (χ2n) is 7.99. The zero-order chi connectivity index (χ0) is 20.9. The third kappa shape index (κ3) is 4.35. The monoisotopic (exact) mass is 429 g/mol. The summed E-state index contributed by atoms with van der Waals surface area (Å²) in [4.78, 5) is 20.3. The third-order valence-electron chi connectivity index (χ3n) is 4.33. The molecule has 0 N–H and O–H groups in total. The number of anilines is 1. The fourth-order valence-corrected chi connectivity index (χ4v) is 4.19. The minimum absolute atomic E-state index is 0.00814. The van der Waals surface area contributed by atoms with E-state index in [2.05, 4.69) is 4.98 Å². The van der Waals surface area contributed by atoms with Crippen molar-refractivity contribution < 1.29 is 22.4 Å². The molecule has 1 aliphatic rings. The number of oxazole rings is 1. The molecular weight excluding hydrogens is 406 g/mol. The van der Waals surface area contributed by atoms with Crippen molar-refractivity contribution >= 4 is 44.6 Å². The lowest BCUT2D eigenvalue weighted by molar-refractivity contribution is 0.0216. The number of halogens is 1. The van der Waals surface area contributed by atoms with Crippen LogP contribution in [0, 0.1) is 0 Å². The quantitative estimate of drug-likeness (QED) is 0.722. The molecule has 154 valence electrons. The molecule has 2 aromatic rings. The van der Waals surface area contributed by atoms with Crippen LogP contribution in [0.25, 0.3) is 11.1 Å². The van der Waals surface area contributed by atoms with Crippen molar-refractivity contribution in [1.82, 2.24) is 9.88 Å². The van der Waals surface area contributed by atoms with Crippen molar-refractivity contribution in [3.63, 3.8) is 0 Å². The number of fused-ring (bicyclic) bond motifs is 1. The number of aromatic nitrogens is 1. The lowest BCUT2D eigenvalue weighted by Gasteiger charge is -2.39. The van der Waals surface area contributed by atoms with Crippen LogP contribution in [0.4, 0.5) is 10.8 Å². The second-order valence-corrected chi connectivity index (χ2v) is 10.4. The van der Waals surface area contributed by atoms with Crippen molar-refractivity contribution in [2.24, 2.45) is 0 Å². The van der Waals surface area contributed by atoms with Gasteiger partial charge in [-0.25, -0.2) is 13.2 Å². The SMILES string of the molecule is C[C@H]1CN(C(=O)OC(C)(C)C)CCN1c1nc2cc(Cl)cc(S(C)(=O)=O)c2o1. The largest absolute Gasteiger partial charge is 0.444 e. The van der Waals surface area contributed by atoms with Gasteiger partial charge in [-0.05, 0) is 39.8 Å². The van der Waals surface area contributed by atoms with Gasteiger partial charge in [0.25, 0.3) is 6.01 Å². The Balaban J connectivity index is 1.85. The smallest absolute Gasteiger partial charge is 0.410 e. The van der Waals surface area contributed by atoms with Gasteiger partial charge in [-0.3, -0.25) is 0 Å². The molecule has 1 atom stereocenters. The molecule has 3 rings (SSSR count). The van der Waals surface area contributed by atoms with E-state index in [1.165, 1.54) is 6.07 Å². The van der Waals surface area contributed by atoms with Gasteiger partial charge in [-0.2, -0.15) is 4.98 Å². The van der Waals surface area contributed by atoms with Crippen LogP contribution in [0.2, 0.25) is 5.02 Å². The Hall–Kier alpha value is -2.00. The first-order chi connectivity index (χ1) is 12.8. The first-order valence-electron chi connectivity index (χ1n) is 8.90. The van der Waals surface area contributed by atoms with Crippen LogP contribution >= 0.6 is 11.6 Å². The number of nitrogens with zero attached hydrogens (tertiary/aromatic N) is 3. The van der Waals surface area contributed by atoms with Crippen molar-refractivity contribution in [2.45, 2.75) is 44.2 Å². The molecule has 0 radical (unpaired) electrons. The summed E-state index contributed by atoms with van der Waals surface area (Å²) in [6, 6.07) is 3.14. The van der Waals surface area contributed by atoms with E-state index in [1.807, 2.05) is 32.6 Å². The zero-order valence-electron chi connectivity index (χ0n) is 16.5. The Bertz CT molecular complexity index is 1010. The van der Waals surface area contributed by atoms with Gasteiger partial charge >= 0.3 is 6.09 Å². The highest BCUT2D eigenvalue weighted by Crippen LogP contribution is 2.32. The maximum atomic E-state index is 12.3. The lowest BCUT2D eigenvalue weighted by Crippen LogP contribution is -2.54. The van der Waals surface area contributed by atoms with Crippen molar-refractivity contribution in [3.05, 3.63) is 17.2 Å². The summed E-state index contributed by atoms with van der Waals surface area (Å²) in [5.74, 6) is 0. The molecule has 1 aliphatic heterocycles. The van der Waals surface area contributed by atoms with Crippen LogP contribution < -0.4 is 4.90 Å². The van der Waals surface area contributed by atoms with Crippen molar-refractivity contribution in [3.8, 4) is 0 Å². The highest BCUT2D eigenvalue weighted by atomic mass is 35.5. The Morgan fingerprint density at radius 2 is 2.00 bits per heavy atom. The van der Waals surface area contributed by atoms with Gasteiger partial charge in [0.05, 0.1) is 0 Å². The number of rotatable bonds is 2. The number of carbonyl (C=O) groups excluding carboxylic acids is 1. The summed E-state index contributed by atoms with van der Waals surface area (Å²) < 4.78 is 35.4. The molecule has 10 heteroatoms. The van der Waals surface area contributed by atoms with E-state index in [0.29, 0.717) is 31.2 Å². The molecule has 2 heterocycles. The number of sulfone groups is 1. The molecular formula is C18H24ClN3O5S. The minimum Gasteiger partial charge on any atom is -0.444 e. The Labute approximate surface area is 169 Å².